The Bertz CT molecular complexity index is 781. The molecule has 2 saturated carbocycles. The fraction of sp³-hybridized carbons (Fsp3) is 0.600. The first-order chi connectivity index (χ1) is 15.8. The first-order valence-electron chi connectivity index (χ1n) is 13.1. The van der Waals surface area contributed by atoms with E-state index in [0.717, 1.165) is 32.0 Å². The molecule has 2 fully saturated rings. The molecule has 2 aliphatic rings. The van der Waals surface area contributed by atoms with Crippen LogP contribution in [0.2, 0.25) is 0 Å². The van der Waals surface area contributed by atoms with Crippen molar-refractivity contribution in [1.82, 2.24) is 0 Å². The number of benzene rings is 2. The number of alkyl halides is 1. The van der Waals surface area contributed by atoms with Gasteiger partial charge in [0.1, 0.15) is 0 Å². The van der Waals surface area contributed by atoms with Gasteiger partial charge in [0.15, 0.2) is 0 Å². The largest absolute Gasteiger partial charge is 0.381 e. The predicted molar refractivity (Wildman–Crippen MR) is 133 cm³/mol. The van der Waals surface area contributed by atoms with Crippen LogP contribution in [0.1, 0.15) is 94.1 Å². The molecule has 32 heavy (non-hydrogen) atoms. The summed E-state index contributed by atoms with van der Waals surface area (Å²) in [7, 11) is 0. The number of rotatable bonds is 9. The lowest BCUT2D eigenvalue weighted by Gasteiger charge is -2.29. The molecular weight excluding hydrogens is 395 g/mol. The smallest absolute Gasteiger partial charge is 0.0897 e. The van der Waals surface area contributed by atoms with Crippen LogP contribution in [0.15, 0.2) is 48.5 Å². The fourth-order valence-electron chi connectivity index (χ4n) is 5.89. The first-order valence-corrected chi connectivity index (χ1v) is 13.1. The highest BCUT2D eigenvalue weighted by Crippen LogP contribution is 2.39. The van der Waals surface area contributed by atoms with Crippen LogP contribution in [0.4, 0.5) is 4.39 Å². The Hall–Kier alpha value is -1.67. The van der Waals surface area contributed by atoms with Gasteiger partial charge in [-0.05, 0) is 110 Å². The molecule has 2 aromatic carbocycles. The van der Waals surface area contributed by atoms with E-state index in [4.69, 9.17) is 4.74 Å². The number of halogens is 1. The van der Waals surface area contributed by atoms with Crippen LogP contribution in [-0.2, 0) is 4.74 Å². The van der Waals surface area contributed by atoms with Crippen LogP contribution >= 0.6 is 0 Å². The van der Waals surface area contributed by atoms with E-state index in [9.17, 15) is 4.39 Å². The first kappa shape index (κ1) is 23.5. The van der Waals surface area contributed by atoms with Crippen molar-refractivity contribution in [3.63, 3.8) is 0 Å². The molecule has 0 radical (unpaired) electrons. The summed E-state index contributed by atoms with van der Waals surface area (Å²) in [6.07, 6.45) is 11.9. The van der Waals surface area contributed by atoms with Crippen molar-refractivity contribution in [2.24, 2.45) is 11.8 Å². The Balaban J connectivity index is 1.29. The molecular formula is C30H41FO. The predicted octanol–water partition coefficient (Wildman–Crippen LogP) is 8.69. The van der Waals surface area contributed by atoms with E-state index < -0.39 is 0 Å². The van der Waals surface area contributed by atoms with E-state index in [1.54, 1.807) is 0 Å². The molecule has 0 bridgehead atoms. The average Bonchev–Trinajstić information content (AvgIpc) is 2.86. The monoisotopic (exact) mass is 436 g/mol. The minimum absolute atomic E-state index is 0.155. The van der Waals surface area contributed by atoms with Gasteiger partial charge < -0.3 is 4.74 Å². The van der Waals surface area contributed by atoms with Crippen LogP contribution in [-0.4, -0.2) is 19.9 Å². The Morgan fingerprint density at radius 1 is 0.688 bits per heavy atom. The summed E-state index contributed by atoms with van der Waals surface area (Å²) >= 11 is 0. The lowest BCUT2D eigenvalue weighted by Crippen LogP contribution is -2.18. The third kappa shape index (κ3) is 6.22. The van der Waals surface area contributed by atoms with Gasteiger partial charge in [0.2, 0.25) is 0 Å². The minimum Gasteiger partial charge on any atom is -0.381 e. The van der Waals surface area contributed by atoms with Crippen LogP contribution in [0.5, 0.6) is 0 Å². The van der Waals surface area contributed by atoms with E-state index in [2.05, 4.69) is 55.5 Å². The molecule has 0 atom stereocenters. The molecule has 1 nitrogen and oxygen atoms in total. The van der Waals surface area contributed by atoms with E-state index in [-0.39, 0.29) is 6.67 Å². The molecule has 2 aliphatic carbocycles. The van der Waals surface area contributed by atoms with E-state index >= 15 is 0 Å². The van der Waals surface area contributed by atoms with Gasteiger partial charge in [-0.3, -0.25) is 4.39 Å². The Labute approximate surface area is 194 Å². The Morgan fingerprint density at radius 2 is 1.16 bits per heavy atom. The molecule has 0 aliphatic heterocycles. The Morgan fingerprint density at radius 3 is 1.59 bits per heavy atom. The highest BCUT2D eigenvalue weighted by Gasteiger charge is 2.23. The normalized spacial score (nSPS) is 26.2. The standard InChI is InChI=1S/C30H41FO/c1-2-21-32-22-24-5-9-26(10-6-24)28-13-17-30(18-14-28)29-15-11-27(12-16-29)25-7-3-23(4-8-25)19-20-31/h11-18,23-26H,2-10,19-22H2,1H3. The van der Waals surface area contributed by atoms with Crippen molar-refractivity contribution >= 4 is 0 Å². The van der Waals surface area contributed by atoms with Crippen molar-refractivity contribution < 1.29 is 9.13 Å². The zero-order valence-electron chi connectivity index (χ0n) is 19.9. The van der Waals surface area contributed by atoms with Gasteiger partial charge in [-0.1, -0.05) is 55.5 Å². The molecule has 2 aromatic rings. The van der Waals surface area contributed by atoms with Crippen LogP contribution in [0.25, 0.3) is 11.1 Å². The SMILES string of the molecule is CCCOCC1CCC(c2ccc(-c3ccc(C4CCC(CCF)CC4)cc3)cc2)CC1. The van der Waals surface area contributed by atoms with Crippen LogP contribution in [0, 0.1) is 11.8 Å². The zero-order valence-corrected chi connectivity index (χ0v) is 19.9. The van der Waals surface area contributed by atoms with Crippen molar-refractivity contribution in [1.29, 1.82) is 0 Å². The molecule has 0 amide bonds. The topological polar surface area (TPSA) is 9.23 Å². The Kier molecular flexibility index (Phi) is 8.79. The zero-order chi connectivity index (χ0) is 22.2. The third-order valence-corrected chi connectivity index (χ3v) is 8.01. The number of hydrogen-bond donors (Lipinski definition) is 0. The highest BCUT2D eigenvalue weighted by atomic mass is 19.1. The van der Waals surface area contributed by atoms with Gasteiger partial charge in [-0.15, -0.1) is 0 Å². The maximum atomic E-state index is 12.6. The second-order valence-corrected chi connectivity index (χ2v) is 10.2. The second kappa shape index (κ2) is 12.0. The lowest BCUT2D eigenvalue weighted by atomic mass is 9.77. The summed E-state index contributed by atoms with van der Waals surface area (Å²) in [5, 5.41) is 0. The van der Waals surface area contributed by atoms with Gasteiger partial charge in [-0.2, -0.15) is 0 Å². The average molecular weight is 437 g/mol. The molecule has 0 spiro atoms. The maximum absolute atomic E-state index is 12.6. The van der Waals surface area contributed by atoms with Crippen molar-refractivity contribution in [2.75, 3.05) is 19.9 Å². The van der Waals surface area contributed by atoms with Crippen molar-refractivity contribution in [3.8, 4) is 11.1 Å². The van der Waals surface area contributed by atoms with E-state index in [0.29, 0.717) is 17.8 Å². The molecule has 0 aromatic heterocycles. The summed E-state index contributed by atoms with van der Waals surface area (Å²) in [6, 6.07) is 18.6. The van der Waals surface area contributed by atoms with Crippen LogP contribution < -0.4 is 0 Å². The third-order valence-electron chi connectivity index (χ3n) is 8.01. The van der Waals surface area contributed by atoms with Crippen LogP contribution in [0.3, 0.4) is 0 Å². The molecule has 174 valence electrons. The van der Waals surface area contributed by atoms with Gasteiger partial charge in [0.05, 0.1) is 6.67 Å². The molecule has 0 saturated heterocycles. The number of hydrogen-bond acceptors (Lipinski definition) is 1. The summed E-state index contributed by atoms with van der Waals surface area (Å²) in [4.78, 5) is 0. The van der Waals surface area contributed by atoms with Gasteiger partial charge in [-0.25, -0.2) is 0 Å². The molecule has 2 heteroatoms. The quantitative estimate of drug-likeness (QED) is 0.357. The molecule has 0 unspecified atom stereocenters. The highest BCUT2D eigenvalue weighted by molar-refractivity contribution is 5.64. The second-order valence-electron chi connectivity index (χ2n) is 10.2. The minimum atomic E-state index is -0.155. The molecule has 0 N–H and O–H groups in total. The maximum Gasteiger partial charge on any atom is 0.0897 e. The van der Waals surface area contributed by atoms with Crippen molar-refractivity contribution in [2.45, 2.75) is 83.0 Å². The summed E-state index contributed by atoms with van der Waals surface area (Å²) in [5.41, 5.74) is 5.59. The van der Waals surface area contributed by atoms with Gasteiger partial charge in [0.25, 0.3) is 0 Å². The lowest BCUT2D eigenvalue weighted by molar-refractivity contribution is 0.0832. The van der Waals surface area contributed by atoms with E-state index in [1.807, 2.05) is 0 Å². The summed E-state index contributed by atoms with van der Waals surface area (Å²) in [5.74, 6) is 2.74. The van der Waals surface area contributed by atoms with E-state index in [1.165, 1.54) is 73.6 Å². The van der Waals surface area contributed by atoms with Gasteiger partial charge in [0, 0.05) is 13.2 Å². The number of ether oxygens (including phenoxy) is 1. The molecule has 0 heterocycles. The van der Waals surface area contributed by atoms with Gasteiger partial charge >= 0.3 is 0 Å². The van der Waals surface area contributed by atoms with Crippen molar-refractivity contribution in [3.05, 3.63) is 59.7 Å². The summed E-state index contributed by atoms with van der Waals surface area (Å²) < 4.78 is 18.4. The summed E-state index contributed by atoms with van der Waals surface area (Å²) in [6.45, 7) is 3.88. The molecule has 4 rings (SSSR count). The fourth-order valence-corrected chi connectivity index (χ4v) is 5.89.